The van der Waals surface area contributed by atoms with Crippen molar-refractivity contribution in [2.75, 3.05) is 0 Å². The van der Waals surface area contributed by atoms with Gasteiger partial charge in [0.05, 0.1) is 0 Å². The molecule has 2 N–H and O–H groups in total. The van der Waals surface area contributed by atoms with Gasteiger partial charge in [-0.25, -0.2) is 4.39 Å². The van der Waals surface area contributed by atoms with Crippen LogP contribution in [0.4, 0.5) is 4.39 Å². The lowest BCUT2D eigenvalue weighted by atomic mass is 10.2. The molecule has 0 aromatic heterocycles. The Balaban J connectivity index is 2.65. The first-order valence-electron chi connectivity index (χ1n) is 4.41. The van der Waals surface area contributed by atoms with E-state index < -0.39 is 12.0 Å². The number of hydrogen-bond acceptors (Lipinski definition) is 2. The second-order valence-corrected chi connectivity index (χ2v) is 4.03. The largest absolute Gasteiger partial charge is 0.480 e. The molecule has 5 heteroatoms. The third-order valence-electron chi connectivity index (χ3n) is 1.98. The molecule has 15 heavy (non-hydrogen) atoms. The van der Waals surface area contributed by atoms with Gasteiger partial charge >= 0.3 is 5.97 Å². The van der Waals surface area contributed by atoms with E-state index in [0.29, 0.717) is 12.1 Å². The second kappa shape index (κ2) is 5.23. The quantitative estimate of drug-likeness (QED) is 0.885. The van der Waals surface area contributed by atoms with Crippen molar-refractivity contribution in [3.8, 4) is 0 Å². The van der Waals surface area contributed by atoms with Crippen molar-refractivity contribution in [3.05, 3.63) is 34.1 Å². The smallest absolute Gasteiger partial charge is 0.320 e. The van der Waals surface area contributed by atoms with E-state index in [-0.39, 0.29) is 5.82 Å². The lowest BCUT2D eigenvalue weighted by Gasteiger charge is -2.10. The third kappa shape index (κ3) is 3.60. The lowest BCUT2D eigenvalue weighted by molar-refractivity contribution is -0.139. The first-order valence-corrected chi connectivity index (χ1v) is 5.20. The fourth-order valence-electron chi connectivity index (χ4n) is 1.03. The third-order valence-corrected chi connectivity index (χ3v) is 2.75. The number of hydrogen-bond donors (Lipinski definition) is 2. The number of carboxylic acids is 1. The average molecular weight is 276 g/mol. The summed E-state index contributed by atoms with van der Waals surface area (Å²) in [6.45, 7) is 1.85. The van der Waals surface area contributed by atoms with Crippen LogP contribution >= 0.6 is 15.9 Å². The fourth-order valence-corrected chi connectivity index (χ4v) is 1.42. The van der Waals surface area contributed by atoms with E-state index in [1.54, 1.807) is 6.07 Å². The lowest BCUT2D eigenvalue weighted by Crippen LogP contribution is -2.33. The van der Waals surface area contributed by atoms with Gasteiger partial charge in [0.15, 0.2) is 0 Å². The molecule has 0 radical (unpaired) electrons. The standard InChI is InChI=1S/C10H11BrFNO2/c1-6(10(14)15)13-5-7-4-8(12)2-3-9(7)11/h2-4,6,13H,5H2,1H3,(H,14,15)/t6-/m0/s1. The van der Waals surface area contributed by atoms with Crippen LogP contribution in [-0.2, 0) is 11.3 Å². The second-order valence-electron chi connectivity index (χ2n) is 3.18. The molecule has 1 aromatic carbocycles. The summed E-state index contributed by atoms with van der Waals surface area (Å²) in [5.74, 6) is -1.26. The predicted octanol–water partition coefficient (Wildman–Crippen LogP) is 2.15. The maximum Gasteiger partial charge on any atom is 0.320 e. The van der Waals surface area contributed by atoms with Crippen molar-refractivity contribution >= 4 is 21.9 Å². The normalized spacial score (nSPS) is 12.5. The molecule has 0 saturated heterocycles. The Kier molecular flexibility index (Phi) is 4.23. The van der Waals surface area contributed by atoms with E-state index in [9.17, 15) is 9.18 Å². The van der Waals surface area contributed by atoms with Crippen molar-refractivity contribution < 1.29 is 14.3 Å². The van der Waals surface area contributed by atoms with Crippen molar-refractivity contribution in [2.24, 2.45) is 0 Å². The maximum absolute atomic E-state index is 12.9. The van der Waals surface area contributed by atoms with Gasteiger partial charge in [-0.1, -0.05) is 15.9 Å². The Morgan fingerprint density at radius 2 is 2.33 bits per heavy atom. The topological polar surface area (TPSA) is 49.3 Å². The minimum absolute atomic E-state index is 0.311. The minimum Gasteiger partial charge on any atom is -0.480 e. The van der Waals surface area contributed by atoms with Crippen LogP contribution in [0.3, 0.4) is 0 Å². The fraction of sp³-hybridized carbons (Fsp3) is 0.300. The summed E-state index contributed by atoms with van der Waals surface area (Å²) in [6, 6.07) is 3.65. The molecule has 0 saturated carbocycles. The molecule has 0 fully saturated rings. The highest BCUT2D eigenvalue weighted by Crippen LogP contribution is 2.17. The Hall–Kier alpha value is -0.940. The number of nitrogens with one attached hydrogen (secondary N) is 1. The summed E-state index contributed by atoms with van der Waals surface area (Å²) in [6.07, 6.45) is 0. The highest BCUT2D eigenvalue weighted by Gasteiger charge is 2.10. The summed E-state index contributed by atoms with van der Waals surface area (Å²) in [5.41, 5.74) is 0.697. The van der Waals surface area contributed by atoms with Gasteiger partial charge in [-0.05, 0) is 30.7 Å². The van der Waals surface area contributed by atoms with Crippen LogP contribution in [0.5, 0.6) is 0 Å². The average Bonchev–Trinajstić information content (AvgIpc) is 2.18. The SMILES string of the molecule is C[C@H](NCc1cc(F)ccc1Br)C(=O)O. The van der Waals surface area contributed by atoms with E-state index in [1.807, 2.05) is 0 Å². The van der Waals surface area contributed by atoms with E-state index in [1.165, 1.54) is 19.1 Å². The van der Waals surface area contributed by atoms with Gasteiger partial charge < -0.3 is 10.4 Å². The van der Waals surface area contributed by atoms with Crippen molar-refractivity contribution in [1.82, 2.24) is 5.32 Å². The van der Waals surface area contributed by atoms with E-state index >= 15 is 0 Å². The summed E-state index contributed by atoms with van der Waals surface area (Å²) >= 11 is 3.26. The van der Waals surface area contributed by atoms with Gasteiger partial charge in [0.1, 0.15) is 11.9 Å². The maximum atomic E-state index is 12.9. The zero-order valence-electron chi connectivity index (χ0n) is 8.13. The molecule has 1 atom stereocenters. The van der Waals surface area contributed by atoms with E-state index in [2.05, 4.69) is 21.2 Å². The molecule has 0 aliphatic rings. The van der Waals surface area contributed by atoms with Crippen LogP contribution in [0.2, 0.25) is 0 Å². The number of rotatable bonds is 4. The number of carbonyl (C=O) groups is 1. The molecule has 0 spiro atoms. The van der Waals surface area contributed by atoms with Crippen molar-refractivity contribution in [1.29, 1.82) is 0 Å². The van der Waals surface area contributed by atoms with Crippen LogP contribution in [0.25, 0.3) is 0 Å². The van der Waals surface area contributed by atoms with Crippen molar-refractivity contribution in [2.45, 2.75) is 19.5 Å². The van der Waals surface area contributed by atoms with Crippen LogP contribution in [-0.4, -0.2) is 17.1 Å². The number of halogens is 2. The molecule has 0 heterocycles. The molecule has 0 amide bonds. The molecular formula is C10H11BrFNO2. The Morgan fingerprint density at radius 3 is 2.93 bits per heavy atom. The van der Waals surface area contributed by atoms with Gasteiger partial charge in [0, 0.05) is 11.0 Å². The minimum atomic E-state index is -0.928. The summed E-state index contributed by atoms with van der Waals surface area (Å²) in [5, 5.41) is 11.4. The summed E-state index contributed by atoms with van der Waals surface area (Å²) in [7, 11) is 0. The zero-order valence-corrected chi connectivity index (χ0v) is 9.71. The number of carboxylic acid groups (broad SMARTS) is 1. The van der Waals surface area contributed by atoms with Gasteiger partial charge in [-0.3, -0.25) is 4.79 Å². The van der Waals surface area contributed by atoms with Gasteiger partial charge in [0.2, 0.25) is 0 Å². The highest BCUT2D eigenvalue weighted by molar-refractivity contribution is 9.10. The van der Waals surface area contributed by atoms with Crippen molar-refractivity contribution in [3.63, 3.8) is 0 Å². The summed E-state index contributed by atoms with van der Waals surface area (Å²) in [4.78, 5) is 10.5. The molecule has 0 unspecified atom stereocenters. The monoisotopic (exact) mass is 275 g/mol. The first kappa shape index (κ1) is 12.1. The van der Waals surface area contributed by atoms with Crippen LogP contribution in [0.15, 0.2) is 22.7 Å². The first-order chi connectivity index (χ1) is 7.00. The molecule has 0 bridgehead atoms. The molecule has 1 aromatic rings. The molecule has 0 aliphatic heterocycles. The summed E-state index contributed by atoms with van der Waals surface area (Å²) < 4.78 is 13.6. The Morgan fingerprint density at radius 1 is 1.67 bits per heavy atom. The number of aliphatic carboxylic acids is 1. The predicted molar refractivity (Wildman–Crippen MR) is 58.0 cm³/mol. The molecular weight excluding hydrogens is 265 g/mol. The zero-order chi connectivity index (χ0) is 11.4. The van der Waals surface area contributed by atoms with Gasteiger partial charge in [-0.15, -0.1) is 0 Å². The Bertz CT molecular complexity index is 370. The van der Waals surface area contributed by atoms with Crippen LogP contribution in [0.1, 0.15) is 12.5 Å². The van der Waals surface area contributed by atoms with E-state index in [4.69, 9.17) is 5.11 Å². The Labute approximate surface area is 95.4 Å². The molecule has 1 rings (SSSR count). The van der Waals surface area contributed by atoms with Gasteiger partial charge in [-0.2, -0.15) is 0 Å². The molecule has 82 valence electrons. The highest BCUT2D eigenvalue weighted by atomic mass is 79.9. The number of benzene rings is 1. The molecule has 3 nitrogen and oxygen atoms in total. The van der Waals surface area contributed by atoms with Crippen LogP contribution < -0.4 is 5.32 Å². The van der Waals surface area contributed by atoms with E-state index in [0.717, 1.165) is 4.47 Å². The molecule has 0 aliphatic carbocycles. The van der Waals surface area contributed by atoms with Crippen LogP contribution in [0, 0.1) is 5.82 Å². The van der Waals surface area contributed by atoms with Gasteiger partial charge in [0.25, 0.3) is 0 Å².